The first kappa shape index (κ1) is 16.6. The summed E-state index contributed by atoms with van der Waals surface area (Å²) < 4.78 is 1.72. The molecular formula is C19H22N6O. The Balaban J connectivity index is 1.57. The molecule has 2 aromatic heterocycles. The molecule has 0 bridgehead atoms. The van der Waals surface area contributed by atoms with Gasteiger partial charge in [0.25, 0.3) is 0 Å². The van der Waals surface area contributed by atoms with Crippen LogP contribution in [-0.2, 0) is 11.8 Å². The number of nitrogens with zero attached hydrogens (tertiary/aromatic N) is 6. The van der Waals surface area contributed by atoms with E-state index < -0.39 is 0 Å². The van der Waals surface area contributed by atoms with Gasteiger partial charge in [0.2, 0.25) is 11.9 Å². The van der Waals surface area contributed by atoms with Crippen molar-refractivity contribution in [3.8, 4) is 23.6 Å². The van der Waals surface area contributed by atoms with E-state index >= 15 is 0 Å². The molecule has 0 unspecified atom stereocenters. The van der Waals surface area contributed by atoms with E-state index in [-0.39, 0.29) is 12.0 Å². The second-order valence-electron chi connectivity index (χ2n) is 7.08. The van der Waals surface area contributed by atoms with Gasteiger partial charge in [-0.1, -0.05) is 5.92 Å². The van der Waals surface area contributed by atoms with Crippen molar-refractivity contribution < 1.29 is 4.79 Å². The zero-order chi connectivity index (χ0) is 18.3. The fraction of sp³-hybridized carbons (Fsp3) is 0.474. The number of rotatable bonds is 3. The van der Waals surface area contributed by atoms with Crippen LogP contribution in [0.5, 0.6) is 0 Å². The van der Waals surface area contributed by atoms with Crippen LogP contribution in [0.3, 0.4) is 0 Å². The highest BCUT2D eigenvalue weighted by Gasteiger charge is 2.37. The summed E-state index contributed by atoms with van der Waals surface area (Å²) in [6.45, 7) is 4.24. The number of terminal acetylenes is 1. The number of hydrogen-bond donors (Lipinski definition) is 0. The lowest BCUT2D eigenvalue weighted by molar-refractivity contribution is -0.134. The molecule has 3 heterocycles. The van der Waals surface area contributed by atoms with Crippen LogP contribution < -0.4 is 4.90 Å². The maximum atomic E-state index is 12.4. The standard InChI is InChI=1S/C19H22N6O/c1-4-14-9-20-19(22-17(14)16-10-21-23(3)12-16)24-7-8-25(13(2)11-24)18(26)15-5-6-15/h1,9-10,12-13,15H,5-8,11H2,2-3H3/t13-/m1/s1. The average Bonchev–Trinajstić information content (AvgIpc) is 3.41. The van der Waals surface area contributed by atoms with Gasteiger partial charge in [-0.05, 0) is 19.8 Å². The molecule has 1 aliphatic heterocycles. The second kappa shape index (κ2) is 6.45. The lowest BCUT2D eigenvalue weighted by atomic mass is 10.1. The van der Waals surface area contributed by atoms with E-state index in [4.69, 9.17) is 11.4 Å². The molecular weight excluding hydrogens is 328 g/mol. The summed E-state index contributed by atoms with van der Waals surface area (Å²) in [6, 6.07) is 0.148. The Morgan fingerprint density at radius 1 is 1.31 bits per heavy atom. The van der Waals surface area contributed by atoms with Crippen molar-refractivity contribution in [2.24, 2.45) is 13.0 Å². The molecule has 2 aliphatic rings. The molecule has 0 radical (unpaired) electrons. The van der Waals surface area contributed by atoms with Gasteiger partial charge < -0.3 is 9.80 Å². The number of carbonyl (C=O) groups excluding carboxylic acids is 1. The lowest BCUT2D eigenvalue weighted by Gasteiger charge is -2.40. The molecule has 1 aliphatic carbocycles. The van der Waals surface area contributed by atoms with Gasteiger partial charge in [0, 0.05) is 56.6 Å². The Morgan fingerprint density at radius 2 is 2.12 bits per heavy atom. The molecule has 2 fully saturated rings. The Morgan fingerprint density at radius 3 is 2.73 bits per heavy atom. The highest BCUT2D eigenvalue weighted by atomic mass is 16.2. The van der Waals surface area contributed by atoms with Crippen LogP contribution in [0.1, 0.15) is 25.3 Å². The normalized spacial score (nSPS) is 20.1. The van der Waals surface area contributed by atoms with Crippen molar-refractivity contribution in [1.82, 2.24) is 24.6 Å². The Kier molecular flexibility index (Phi) is 4.11. The van der Waals surface area contributed by atoms with E-state index in [1.54, 1.807) is 17.1 Å². The monoisotopic (exact) mass is 350 g/mol. The smallest absolute Gasteiger partial charge is 0.226 e. The van der Waals surface area contributed by atoms with Gasteiger partial charge in [0.05, 0.1) is 17.5 Å². The van der Waals surface area contributed by atoms with Crippen LogP contribution >= 0.6 is 0 Å². The predicted molar refractivity (Wildman–Crippen MR) is 98.3 cm³/mol. The van der Waals surface area contributed by atoms with Crippen molar-refractivity contribution in [3.05, 3.63) is 24.2 Å². The van der Waals surface area contributed by atoms with E-state index in [1.807, 2.05) is 18.1 Å². The average molecular weight is 350 g/mol. The van der Waals surface area contributed by atoms with Gasteiger partial charge in [0.1, 0.15) is 0 Å². The Bertz CT molecular complexity index is 878. The number of piperazine rings is 1. The number of carbonyl (C=O) groups is 1. The fourth-order valence-corrected chi connectivity index (χ4v) is 3.43. The van der Waals surface area contributed by atoms with Crippen molar-refractivity contribution >= 4 is 11.9 Å². The number of amides is 1. The molecule has 26 heavy (non-hydrogen) atoms. The molecule has 0 N–H and O–H groups in total. The maximum Gasteiger partial charge on any atom is 0.226 e. The fourth-order valence-electron chi connectivity index (χ4n) is 3.43. The summed E-state index contributed by atoms with van der Waals surface area (Å²) in [5, 5.41) is 4.20. The summed E-state index contributed by atoms with van der Waals surface area (Å²) in [6.07, 6.45) is 13.0. The zero-order valence-electron chi connectivity index (χ0n) is 15.1. The van der Waals surface area contributed by atoms with E-state index in [0.717, 1.165) is 37.2 Å². The molecule has 1 saturated heterocycles. The van der Waals surface area contributed by atoms with Crippen LogP contribution in [-0.4, -0.2) is 56.2 Å². The molecule has 1 amide bonds. The molecule has 0 spiro atoms. The Hall–Kier alpha value is -2.88. The van der Waals surface area contributed by atoms with Gasteiger partial charge in [-0.15, -0.1) is 6.42 Å². The first-order valence-corrected chi connectivity index (χ1v) is 8.95. The van der Waals surface area contributed by atoms with E-state index in [1.165, 1.54) is 0 Å². The quantitative estimate of drug-likeness (QED) is 0.781. The van der Waals surface area contributed by atoms with Gasteiger partial charge in [-0.3, -0.25) is 9.48 Å². The van der Waals surface area contributed by atoms with Crippen LogP contribution in [0.2, 0.25) is 0 Å². The molecule has 1 saturated carbocycles. The summed E-state index contributed by atoms with van der Waals surface area (Å²) >= 11 is 0. The van der Waals surface area contributed by atoms with Gasteiger partial charge in [-0.2, -0.15) is 5.10 Å². The zero-order valence-corrected chi connectivity index (χ0v) is 15.1. The highest BCUT2D eigenvalue weighted by Crippen LogP contribution is 2.32. The van der Waals surface area contributed by atoms with Crippen LogP contribution in [0.25, 0.3) is 11.3 Å². The summed E-state index contributed by atoms with van der Waals surface area (Å²) in [5.41, 5.74) is 2.24. The molecule has 4 rings (SSSR count). The highest BCUT2D eigenvalue weighted by molar-refractivity contribution is 5.81. The van der Waals surface area contributed by atoms with E-state index in [9.17, 15) is 4.79 Å². The summed E-state index contributed by atoms with van der Waals surface area (Å²) in [5.74, 6) is 3.86. The third kappa shape index (κ3) is 3.03. The summed E-state index contributed by atoms with van der Waals surface area (Å²) in [4.78, 5) is 25.7. The number of aromatic nitrogens is 4. The van der Waals surface area contributed by atoms with Gasteiger partial charge in [-0.25, -0.2) is 9.97 Å². The van der Waals surface area contributed by atoms with Crippen molar-refractivity contribution in [3.63, 3.8) is 0 Å². The van der Waals surface area contributed by atoms with Crippen molar-refractivity contribution in [1.29, 1.82) is 0 Å². The molecule has 7 heteroatoms. The molecule has 134 valence electrons. The van der Waals surface area contributed by atoms with Gasteiger partial charge >= 0.3 is 0 Å². The van der Waals surface area contributed by atoms with E-state index in [2.05, 4.69) is 27.8 Å². The minimum absolute atomic E-state index is 0.148. The Labute approximate surface area is 153 Å². The molecule has 7 nitrogen and oxygen atoms in total. The van der Waals surface area contributed by atoms with Crippen molar-refractivity contribution in [2.45, 2.75) is 25.8 Å². The van der Waals surface area contributed by atoms with Crippen molar-refractivity contribution in [2.75, 3.05) is 24.5 Å². The second-order valence-corrected chi connectivity index (χ2v) is 7.08. The number of aryl methyl sites for hydroxylation is 1. The minimum Gasteiger partial charge on any atom is -0.337 e. The lowest BCUT2D eigenvalue weighted by Crippen LogP contribution is -2.55. The SMILES string of the molecule is C#Cc1cnc(N2CCN(C(=O)C3CC3)[C@H](C)C2)nc1-c1cnn(C)c1. The molecule has 0 aromatic carbocycles. The maximum absolute atomic E-state index is 12.4. The minimum atomic E-state index is 0.148. The third-order valence-electron chi connectivity index (χ3n) is 5.03. The first-order valence-electron chi connectivity index (χ1n) is 8.95. The van der Waals surface area contributed by atoms with Crippen LogP contribution in [0.4, 0.5) is 5.95 Å². The number of anilines is 1. The van der Waals surface area contributed by atoms with E-state index in [0.29, 0.717) is 24.0 Å². The number of hydrogen-bond acceptors (Lipinski definition) is 5. The van der Waals surface area contributed by atoms with Crippen LogP contribution in [0, 0.1) is 18.3 Å². The van der Waals surface area contributed by atoms with Gasteiger partial charge in [0.15, 0.2) is 0 Å². The first-order chi connectivity index (χ1) is 12.6. The summed E-state index contributed by atoms with van der Waals surface area (Å²) in [7, 11) is 1.86. The van der Waals surface area contributed by atoms with Crippen LogP contribution in [0.15, 0.2) is 18.6 Å². The largest absolute Gasteiger partial charge is 0.337 e. The predicted octanol–water partition coefficient (Wildman–Crippen LogP) is 1.31. The third-order valence-corrected chi connectivity index (χ3v) is 5.03. The molecule has 2 aromatic rings. The topological polar surface area (TPSA) is 67.2 Å². The molecule has 1 atom stereocenters.